The standard InChI is InChI=1S/C25H27Cl2N3O2/c1-28(2)21-9-5-17(6-10-21)13-19-15-30(25(32)24(26)27)16-20(23(19)31)14-18-7-11-22(12-8-18)29(3)4/h5-14,24H,15-16H2,1-4H3/b19-13+,20-14+. The van der Waals surface area contributed by atoms with Crippen LogP contribution in [0.25, 0.3) is 12.2 Å². The van der Waals surface area contributed by atoms with Crippen LogP contribution in [0.5, 0.6) is 0 Å². The number of likely N-dealkylation sites (tertiary alicyclic amines) is 1. The first kappa shape index (κ1) is 23.9. The molecular weight excluding hydrogens is 445 g/mol. The lowest BCUT2D eigenvalue weighted by atomic mass is 9.94. The molecule has 2 aromatic rings. The number of rotatable bonds is 5. The Hall–Kier alpha value is -2.76. The number of hydrogen-bond acceptors (Lipinski definition) is 4. The van der Waals surface area contributed by atoms with Crippen molar-refractivity contribution in [2.45, 2.75) is 4.84 Å². The molecule has 0 radical (unpaired) electrons. The number of benzene rings is 2. The van der Waals surface area contributed by atoms with Crippen molar-refractivity contribution < 1.29 is 9.59 Å². The quantitative estimate of drug-likeness (QED) is 0.475. The van der Waals surface area contributed by atoms with Crippen molar-refractivity contribution >= 4 is 58.4 Å². The molecule has 0 spiro atoms. The molecule has 5 nitrogen and oxygen atoms in total. The molecule has 1 fully saturated rings. The van der Waals surface area contributed by atoms with Crippen LogP contribution in [-0.4, -0.2) is 62.7 Å². The fourth-order valence-corrected chi connectivity index (χ4v) is 3.75. The largest absolute Gasteiger partial charge is 0.378 e. The smallest absolute Gasteiger partial charge is 0.256 e. The zero-order valence-electron chi connectivity index (χ0n) is 18.7. The lowest BCUT2D eigenvalue weighted by molar-refractivity contribution is -0.129. The first-order chi connectivity index (χ1) is 15.2. The Morgan fingerprint density at radius 3 is 1.50 bits per heavy atom. The number of ketones is 1. The molecule has 0 bridgehead atoms. The summed E-state index contributed by atoms with van der Waals surface area (Å²) in [6.07, 6.45) is 3.64. The van der Waals surface area contributed by atoms with Crippen molar-refractivity contribution in [3.8, 4) is 0 Å². The second kappa shape index (κ2) is 10.2. The average molecular weight is 472 g/mol. The van der Waals surface area contributed by atoms with Gasteiger partial charge in [0.15, 0.2) is 10.6 Å². The van der Waals surface area contributed by atoms with E-state index in [0.717, 1.165) is 22.5 Å². The molecule has 0 unspecified atom stereocenters. The molecule has 2 aromatic carbocycles. The average Bonchev–Trinajstić information content (AvgIpc) is 2.76. The van der Waals surface area contributed by atoms with Gasteiger partial charge in [0.05, 0.1) is 0 Å². The number of alkyl halides is 2. The number of anilines is 2. The van der Waals surface area contributed by atoms with Crippen molar-refractivity contribution in [1.29, 1.82) is 0 Å². The Morgan fingerprint density at radius 2 is 1.19 bits per heavy atom. The molecule has 0 aromatic heterocycles. The van der Waals surface area contributed by atoms with E-state index in [-0.39, 0.29) is 18.9 Å². The Morgan fingerprint density at radius 1 is 0.812 bits per heavy atom. The molecule has 1 heterocycles. The van der Waals surface area contributed by atoms with Gasteiger partial charge in [0, 0.05) is 63.8 Å². The molecule has 168 valence electrons. The van der Waals surface area contributed by atoms with Crippen molar-refractivity contribution in [2.75, 3.05) is 51.1 Å². The van der Waals surface area contributed by atoms with Crippen LogP contribution < -0.4 is 9.80 Å². The number of halogens is 2. The molecular formula is C25H27Cl2N3O2. The van der Waals surface area contributed by atoms with Gasteiger partial charge in [0.2, 0.25) is 0 Å². The number of Topliss-reactive ketones (excluding diaryl/α,β-unsaturated/α-hetero) is 1. The van der Waals surface area contributed by atoms with Gasteiger partial charge in [-0.05, 0) is 47.5 Å². The fourth-order valence-electron chi connectivity index (χ4n) is 3.47. The summed E-state index contributed by atoms with van der Waals surface area (Å²) in [5, 5.41) is 0. The highest BCUT2D eigenvalue weighted by atomic mass is 35.5. The molecule has 0 atom stereocenters. The van der Waals surface area contributed by atoms with Crippen LogP contribution in [0.4, 0.5) is 11.4 Å². The van der Waals surface area contributed by atoms with Crippen LogP contribution in [0.15, 0.2) is 59.7 Å². The summed E-state index contributed by atoms with van der Waals surface area (Å²) in [4.78, 5) is 30.1. The highest BCUT2D eigenvalue weighted by Gasteiger charge is 2.31. The van der Waals surface area contributed by atoms with Crippen LogP contribution in [0.2, 0.25) is 0 Å². The van der Waals surface area contributed by atoms with Gasteiger partial charge < -0.3 is 14.7 Å². The third kappa shape index (κ3) is 5.72. The molecule has 32 heavy (non-hydrogen) atoms. The van der Waals surface area contributed by atoms with Crippen LogP contribution in [0.1, 0.15) is 11.1 Å². The maximum absolute atomic E-state index is 13.3. The molecule has 1 aliphatic heterocycles. The van der Waals surface area contributed by atoms with E-state index in [2.05, 4.69) is 0 Å². The molecule has 1 aliphatic rings. The van der Waals surface area contributed by atoms with Gasteiger partial charge in [-0.3, -0.25) is 9.59 Å². The lowest BCUT2D eigenvalue weighted by Gasteiger charge is -2.30. The van der Waals surface area contributed by atoms with Crippen LogP contribution >= 0.6 is 23.2 Å². The number of hydrogen-bond donors (Lipinski definition) is 0. The number of carbonyl (C=O) groups is 2. The zero-order chi connectivity index (χ0) is 23.4. The van der Waals surface area contributed by atoms with Crippen molar-refractivity contribution in [2.24, 2.45) is 0 Å². The minimum Gasteiger partial charge on any atom is -0.378 e. The molecule has 0 N–H and O–H groups in total. The summed E-state index contributed by atoms with van der Waals surface area (Å²) in [6, 6.07) is 15.7. The molecule has 7 heteroatoms. The molecule has 0 saturated carbocycles. The number of amides is 1. The molecule has 0 aliphatic carbocycles. The van der Waals surface area contributed by atoms with Gasteiger partial charge in [0.25, 0.3) is 5.91 Å². The van der Waals surface area contributed by atoms with E-state index in [1.165, 1.54) is 4.90 Å². The predicted octanol–water partition coefficient (Wildman–Crippen LogP) is 4.50. The van der Waals surface area contributed by atoms with Gasteiger partial charge >= 0.3 is 0 Å². The maximum atomic E-state index is 13.3. The number of carbonyl (C=O) groups excluding carboxylic acids is 2. The number of nitrogens with zero attached hydrogens (tertiary/aromatic N) is 3. The molecule has 1 amide bonds. The summed E-state index contributed by atoms with van der Waals surface area (Å²) >= 11 is 11.7. The Balaban J connectivity index is 1.96. The Bertz CT molecular complexity index is 966. The van der Waals surface area contributed by atoms with Gasteiger partial charge in [-0.15, -0.1) is 0 Å². The third-order valence-electron chi connectivity index (χ3n) is 5.30. The second-order valence-corrected chi connectivity index (χ2v) is 9.23. The first-order valence-corrected chi connectivity index (χ1v) is 11.1. The predicted molar refractivity (Wildman–Crippen MR) is 135 cm³/mol. The third-order valence-corrected chi connectivity index (χ3v) is 5.68. The van der Waals surface area contributed by atoms with E-state index in [0.29, 0.717) is 11.1 Å². The highest BCUT2D eigenvalue weighted by molar-refractivity contribution is 6.53. The first-order valence-electron chi connectivity index (χ1n) is 10.2. The topological polar surface area (TPSA) is 43.9 Å². The maximum Gasteiger partial charge on any atom is 0.256 e. The monoisotopic (exact) mass is 471 g/mol. The van der Waals surface area contributed by atoms with E-state index in [4.69, 9.17) is 23.2 Å². The van der Waals surface area contributed by atoms with E-state index < -0.39 is 10.7 Å². The summed E-state index contributed by atoms with van der Waals surface area (Å²) in [6.45, 7) is 0.333. The Kier molecular flexibility index (Phi) is 7.64. The molecule has 3 rings (SSSR count). The molecule has 1 saturated heterocycles. The van der Waals surface area contributed by atoms with Crippen LogP contribution in [0, 0.1) is 0 Å². The van der Waals surface area contributed by atoms with Gasteiger partial charge in [-0.25, -0.2) is 0 Å². The van der Waals surface area contributed by atoms with E-state index in [9.17, 15) is 9.59 Å². The minimum atomic E-state index is -1.18. The number of piperidine rings is 1. The summed E-state index contributed by atoms with van der Waals surface area (Å²) in [7, 11) is 7.88. The SMILES string of the molecule is CN(C)c1ccc(/C=C2\CN(C(=O)C(Cl)Cl)C/C(=C\c3ccc(N(C)C)cc3)C2=O)cc1. The summed E-state index contributed by atoms with van der Waals surface area (Å²) < 4.78 is 0. The zero-order valence-corrected chi connectivity index (χ0v) is 20.2. The highest BCUT2D eigenvalue weighted by Crippen LogP contribution is 2.25. The van der Waals surface area contributed by atoms with E-state index >= 15 is 0 Å². The van der Waals surface area contributed by atoms with E-state index in [1.54, 1.807) is 0 Å². The minimum absolute atomic E-state index is 0.0804. The van der Waals surface area contributed by atoms with Crippen molar-refractivity contribution in [1.82, 2.24) is 4.90 Å². The van der Waals surface area contributed by atoms with Gasteiger partial charge in [0.1, 0.15) is 0 Å². The fraction of sp³-hybridized carbons (Fsp3) is 0.280. The normalized spacial score (nSPS) is 16.7. The van der Waals surface area contributed by atoms with E-state index in [1.807, 2.05) is 98.7 Å². The van der Waals surface area contributed by atoms with Crippen LogP contribution in [0.3, 0.4) is 0 Å². The van der Waals surface area contributed by atoms with Gasteiger partial charge in [-0.1, -0.05) is 47.5 Å². The van der Waals surface area contributed by atoms with Crippen molar-refractivity contribution in [3.05, 3.63) is 70.8 Å². The second-order valence-electron chi connectivity index (χ2n) is 8.14. The summed E-state index contributed by atoms with van der Waals surface area (Å²) in [5.74, 6) is -0.494. The van der Waals surface area contributed by atoms with Gasteiger partial charge in [-0.2, -0.15) is 0 Å². The van der Waals surface area contributed by atoms with Crippen molar-refractivity contribution in [3.63, 3.8) is 0 Å². The summed E-state index contributed by atoms with van der Waals surface area (Å²) in [5.41, 5.74) is 4.94. The Labute approximate surface area is 199 Å². The lowest BCUT2D eigenvalue weighted by Crippen LogP contribution is -2.43. The van der Waals surface area contributed by atoms with Crippen LogP contribution in [-0.2, 0) is 9.59 Å².